The molecular formula is C13H17N3OS. The van der Waals surface area contributed by atoms with Gasteiger partial charge in [-0.25, -0.2) is 0 Å². The smallest absolute Gasteiger partial charge is 0.221 e. The van der Waals surface area contributed by atoms with Gasteiger partial charge < -0.3 is 14.9 Å². The molecule has 0 unspecified atom stereocenters. The molecule has 18 heavy (non-hydrogen) atoms. The van der Waals surface area contributed by atoms with Crippen LogP contribution in [0.1, 0.15) is 18.9 Å². The van der Waals surface area contributed by atoms with Gasteiger partial charge in [-0.3, -0.25) is 4.79 Å². The van der Waals surface area contributed by atoms with E-state index >= 15 is 0 Å². The number of carbonyl (C=O) groups is 1. The summed E-state index contributed by atoms with van der Waals surface area (Å²) < 4.78 is 2.67. The van der Waals surface area contributed by atoms with Crippen LogP contribution in [0, 0.1) is 11.7 Å². The third kappa shape index (κ3) is 2.46. The highest BCUT2D eigenvalue weighted by Crippen LogP contribution is 2.18. The predicted octanol–water partition coefficient (Wildman–Crippen LogP) is 2.53. The maximum absolute atomic E-state index is 11.5. The molecule has 1 aromatic heterocycles. The molecule has 0 saturated carbocycles. The molecule has 0 saturated heterocycles. The molecule has 2 N–H and O–H groups in total. The molecule has 1 heterocycles. The maximum atomic E-state index is 11.5. The van der Waals surface area contributed by atoms with Crippen LogP contribution in [0.5, 0.6) is 0 Å². The molecule has 5 heteroatoms. The number of carbonyl (C=O) groups excluding carboxylic acids is 1. The lowest BCUT2D eigenvalue weighted by molar-refractivity contribution is -0.121. The van der Waals surface area contributed by atoms with Crippen molar-refractivity contribution in [1.29, 1.82) is 0 Å². The zero-order chi connectivity index (χ0) is 13.1. The maximum Gasteiger partial charge on any atom is 0.221 e. The molecule has 2 rings (SSSR count). The van der Waals surface area contributed by atoms with E-state index < -0.39 is 0 Å². The minimum Gasteiger partial charge on any atom is -0.356 e. The number of hydrogen-bond donors (Lipinski definition) is 2. The number of aromatic nitrogens is 2. The first-order valence-electron chi connectivity index (χ1n) is 6.08. The normalized spacial score (nSPS) is 10.8. The van der Waals surface area contributed by atoms with E-state index in [0.29, 0.717) is 24.3 Å². The fraction of sp³-hybridized carbons (Fsp3) is 0.385. The van der Waals surface area contributed by atoms with Crippen molar-refractivity contribution in [1.82, 2.24) is 14.9 Å². The second-order valence-electron chi connectivity index (χ2n) is 4.26. The largest absolute Gasteiger partial charge is 0.356 e. The number of nitrogens with zero attached hydrogens (tertiary/aromatic N) is 1. The van der Waals surface area contributed by atoms with Crippen molar-refractivity contribution in [2.75, 3.05) is 6.54 Å². The van der Waals surface area contributed by atoms with E-state index in [2.05, 4.69) is 10.3 Å². The van der Waals surface area contributed by atoms with Gasteiger partial charge in [0, 0.05) is 19.5 Å². The Balaban J connectivity index is 2.30. The summed E-state index contributed by atoms with van der Waals surface area (Å²) in [5.41, 5.74) is 3.28. The molecule has 0 bridgehead atoms. The van der Waals surface area contributed by atoms with Crippen LogP contribution in [-0.4, -0.2) is 22.0 Å². The fourth-order valence-electron chi connectivity index (χ4n) is 2.11. The highest BCUT2D eigenvalue weighted by Gasteiger charge is 2.08. The number of H-pyrrole nitrogens is 1. The molecule has 0 spiro atoms. The minimum atomic E-state index is 0.0577. The minimum absolute atomic E-state index is 0.0577. The van der Waals surface area contributed by atoms with Crippen LogP contribution in [0.2, 0.25) is 0 Å². The summed E-state index contributed by atoms with van der Waals surface area (Å²) in [6.45, 7) is 5.24. The van der Waals surface area contributed by atoms with Gasteiger partial charge in [0.2, 0.25) is 5.91 Å². The predicted molar refractivity (Wildman–Crippen MR) is 75.2 cm³/mol. The lowest BCUT2D eigenvalue weighted by Crippen LogP contribution is -2.23. The average molecular weight is 263 g/mol. The van der Waals surface area contributed by atoms with Crippen LogP contribution in [0.4, 0.5) is 0 Å². The molecule has 1 aromatic carbocycles. The Morgan fingerprint density at radius 1 is 1.50 bits per heavy atom. The summed E-state index contributed by atoms with van der Waals surface area (Å²) in [6, 6.07) is 6.05. The Kier molecular flexibility index (Phi) is 3.81. The van der Waals surface area contributed by atoms with Crippen LogP contribution < -0.4 is 5.32 Å². The van der Waals surface area contributed by atoms with Gasteiger partial charge in [0.15, 0.2) is 4.77 Å². The summed E-state index contributed by atoms with van der Waals surface area (Å²) in [7, 11) is 0. The zero-order valence-electron chi connectivity index (χ0n) is 10.6. The van der Waals surface area contributed by atoms with E-state index in [1.54, 1.807) is 0 Å². The number of hydrogen-bond acceptors (Lipinski definition) is 2. The van der Waals surface area contributed by atoms with Crippen LogP contribution in [-0.2, 0) is 11.3 Å². The number of aryl methyl sites for hydroxylation is 2. The second kappa shape index (κ2) is 5.35. The van der Waals surface area contributed by atoms with E-state index in [0.717, 1.165) is 16.6 Å². The van der Waals surface area contributed by atoms with Gasteiger partial charge in [0.1, 0.15) is 0 Å². The lowest BCUT2D eigenvalue weighted by Gasteiger charge is -2.06. The standard InChI is InChI=1S/C13H17N3OS/c1-3-14-11(17)7-8-16-12-9(2)5-4-6-10(12)15-13(16)18/h4-6H,3,7-8H2,1-2H3,(H,14,17)(H,15,18). The Hall–Kier alpha value is -1.62. The molecule has 0 atom stereocenters. The highest BCUT2D eigenvalue weighted by molar-refractivity contribution is 7.71. The average Bonchev–Trinajstić information content (AvgIpc) is 2.64. The topological polar surface area (TPSA) is 49.8 Å². The van der Waals surface area contributed by atoms with Crippen LogP contribution in [0.15, 0.2) is 18.2 Å². The molecule has 0 aliphatic heterocycles. The van der Waals surface area contributed by atoms with E-state index in [1.807, 2.05) is 36.6 Å². The Morgan fingerprint density at radius 3 is 3.00 bits per heavy atom. The van der Waals surface area contributed by atoms with Gasteiger partial charge in [-0.05, 0) is 37.7 Å². The van der Waals surface area contributed by atoms with Crippen molar-refractivity contribution in [3.8, 4) is 0 Å². The van der Waals surface area contributed by atoms with Crippen molar-refractivity contribution in [3.63, 3.8) is 0 Å². The summed E-state index contributed by atoms with van der Waals surface area (Å²) in [6.07, 6.45) is 0.448. The van der Waals surface area contributed by atoms with Gasteiger partial charge in [-0.1, -0.05) is 12.1 Å². The highest BCUT2D eigenvalue weighted by atomic mass is 32.1. The van der Waals surface area contributed by atoms with Gasteiger partial charge >= 0.3 is 0 Å². The van der Waals surface area contributed by atoms with Gasteiger partial charge in [-0.2, -0.15) is 0 Å². The summed E-state index contributed by atoms with van der Waals surface area (Å²) in [5.74, 6) is 0.0577. The first-order chi connectivity index (χ1) is 8.63. The van der Waals surface area contributed by atoms with Crippen molar-refractivity contribution in [3.05, 3.63) is 28.5 Å². The number of benzene rings is 1. The van der Waals surface area contributed by atoms with E-state index in [4.69, 9.17) is 12.2 Å². The van der Waals surface area contributed by atoms with E-state index in [1.165, 1.54) is 0 Å². The van der Waals surface area contributed by atoms with Gasteiger partial charge in [0.25, 0.3) is 0 Å². The van der Waals surface area contributed by atoms with Crippen molar-refractivity contribution in [2.24, 2.45) is 0 Å². The van der Waals surface area contributed by atoms with E-state index in [-0.39, 0.29) is 5.91 Å². The third-order valence-electron chi connectivity index (χ3n) is 2.93. The molecule has 2 aromatic rings. The quantitative estimate of drug-likeness (QED) is 0.833. The Bertz CT molecular complexity index is 627. The number of imidazole rings is 1. The fourth-order valence-corrected chi connectivity index (χ4v) is 2.41. The molecular weight excluding hydrogens is 246 g/mol. The molecule has 0 radical (unpaired) electrons. The van der Waals surface area contributed by atoms with Gasteiger partial charge in [-0.15, -0.1) is 0 Å². The van der Waals surface area contributed by atoms with Crippen LogP contribution >= 0.6 is 12.2 Å². The monoisotopic (exact) mass is 263 g/mol. The molecule has 0 aliphatic carbocycles. The number of fused-ring (bicyclic) bond motifs is 1. The zero-order valence-corrected chi connectivity index (χ0v) is 11.4. The van der Waals surface area contributed by atoms with E-state index in [9.17, 15) is 4.79 Å². The first kappa shape index (κ1) is 12.8. The SMILES string of the molecule is CCNC(=O)CCn1c(=S)[nH]c2cccc(C)c21. The van der Waals surface area contributed by atoms with Crippen LogP contribution in [0.3, 0.4) is 0 Å². The van der Waals surface area contributed by atoms with Crippen molar-refractivity contribution >= 4 is 29.2 Å². The number of rotatable bonds is 4. The van der Waals surface area contributed by atoms with Gasteiger partial charge in [0.05, 0.1) is 11.0 Å². The van der Waals surface area contributed by atoms with Crippen molar-refractivity contribution in [2.45, 2.75) is 26.8 Å². The number of nitrogens with one attached hydrogen (secondary N) is 2. The molecule has 1 amide bonds. The third-order valence-corrected chi connectivity index (χ3v) is 3.25. The molecule has 0 aliphatic rings. The van der Waals surface area contributed by atoms with Crippen molar-refractivity contribution < 1.29 is 4.79 Å². The summed E-state index contributed by atoms with van der Waals surface area (Å²) >= 11 is 5.30. The lowest BCUT2D eigenvalue weighted by atomic mass is 10.2. The number of aromatic amines is 1. The summed E-state index contributed by atoms with van der Waals surface area (Å²) in [5, 5.41) is 2.79. The first-order valence-corrected chi connectivity index (χ1v) is 6.49. The number of amides is 1. The summed E-state index contributed by atoms with van der Waals surface area (Å²) in [4.78, 5) is 14.7. The number of para-hydroxylation sites is 1. The molecule has 4 nitrogen and oxygen atoms in total. The second-order valence-corrected chi connectivity index (χ2v) is 4.64. The Labute approximate surface area is 111 Å². The Morgan fingerprint density at radius 2 is 2.28 bits per heavy atom. The molecule has 96 valence electrons. The molecule has 0 fully saturated rings. The van der Waals surface area contributed by atoms with Crippen LogP contribution in [0.25, 0.3) is 11.0 Å².